The first kappa shape index (κ1) is 31.3. The predicted molar refractivity (Wildman–Crippen MR) is 161 cm³/mol. The Morgan fingerprint density at radius 2 is 0.850 bits per heavy atom. The van der Waals surface area contributed by atoms with Gasteiger partial charge in [-0.05, 0) is 53.4 Å². The number of carbonyl (C=O) groups excluding carboxylic acids is 2. The lowest BCUT2D eigenvalue weighted by Crippen LogP contribution is -2.10. The molecule has 0 saturated heterocycles. The van der Waals surface area contributed by atoms with E-state index in [1.807, 2.05) is 52.0 Å². The van der Waals surface area contributed by atoms with E-state index in [0.29, 0.717) is 26.1 Å². The van der Waals surface area contributed by atoms with Crippen LogP contribution in [0.4, 0.5) is 0 Å². The summed E-state index contributed by atoms with van der Waals surface area (Å²) < 4.78 is 23.2. The first-order valence-corrected chi connectivity index (χ1v) is 14.9. The molecule has 6 nitrogen and oxygen atoms in total. The van der Waals surface area contributed by atoms with Crippen molar-refractivity contribution in [3.05, 3.63) is 48.5 Å². The fraction of sp³-hybridized carbons (Fsp3) is 0.529. The molecule has 0 fully saturated rings. The van der Waals surface area contributed by atoms with Crippen LogP contribution in [0.5, 0.6) is 11.5 Å². The van der Waals surface area contributed by atoms with Gasteiger partial charge in [0.15, 0.2) is 0 Å². The van der Waals surface area contributed by atoms with Crippen molar-refractivity contribution in [2.45, 2.75) is 104 Å². The highest BCUT2D eigenvalue weighted by atomic mass is 16.5. The zero-order valence-electron chi connectivity index (χ0n) is 24.7. The summed E-state index contributed by atoms with van der Waals surface area (Å²) in [6.45, 7) is 8.74. The molecule has 0 radical (unpaired) electrons. The van der Waals surface area contributed by atoms with E-state index in [9.17, 15) is 9.59 Å². The van der Waals surface area contributed by atoms with Crippen LogP contribution >= 0.6 is 0 Å². The van der Waals surface area contributed by atoms with Gasteiger partial charge in [0.25, 0.3) is 0 Å². The van der Waals surface area contributed by atoms with Gasteiger partial charge in [0.05, 0.1) is 25.4 Å². The van der Waals surface area contributed by atoms with Crippen LogP contribution in [-0.2, 0) is 19.1 Å². The van der Waals surface area contributed by atoms with Crippen molar-refractivity contribution in [2.75, 3.05) is 13.2 Å². The highest BCUT2D eigenvalue weighted by Gasteiger charge is 2.16. The van der Waals surface area contributed by atoms with Gasteiger partial charge in [0, 0.05) is 34.4 Å². The highest BCUT2D eigenvalue weighted by molar-refractivity contribution is 6.11. The molecule has 6 heteroatoms. The lowest BCUT2D eigenvalue weighted by Gasteiger charge is -2.18. The Morgan fingerprint density at radius 1 is 0.525 bits per heavy atom. The minimum absolute atomic E-state index is 0.0550. The summed E-state index contributed by atoms with van der Waals surface area (Å²) in [5.74, 6) is 1.56. The smallest absolute Gasteiger partial charge is 0.306 e. The van der Waals surface area contributed by atoms with Gasteiger partial charge in [-0.3, -0.25) is 9.59 Å². The van der Waals surface area contributed by atoms with E-state index in [1.54, 1.807) is 0 Å². The third-order valence-electron chi connectivity index (χ3n) is 6.61. The van der Waals surface area contributed by atoms with Crippen molar-refractivity contribution in [1.82, 2.24) is 0 Å². The number of carbonyl (C=O) groups is 2. The minimum atomic E-state index is -0.116. The second-order valence-corrected chi connectivity index (χ2v) is 10.9. The van der Waals surface area contributed by atoms with Crippen LogP contribution in [-0.4, -0.2) is 37.4 Å². The van der Waals surface area contributed by atoms with Crippen molar-refractivity contribution in [3.8, 4) is 11.5 Å². The van der Waals surface area contributed by atoms with Crippen molar-refractivity contribution < 1.29 is 28.5 Å². The quantitative estimate of drug-likeness (QED) is 0.0897. The number of fused-ring (bicyclic) bond motifs is 2. The molecule has 3 aromatic rings. The topological polar surface area (TPSA) is 71.1 Å². The third-order valence-corrected chi connectivity index (χ3v) is 6.61. The van der Waals surface area contributed by atoms with Gasteiger partial charge in [0.1, 0.15) is 11.5 Å². The molecule has 0 heterocycles. The first-order valence-electron chi connectivity index (χ1n) is 14.9. The summed E-state index contributed by atoms with van der Waals surface area (Å²) in [7, 11) is 0. The van der Waals surface area contributed by atoms with Gasteiger partial charge < -0.3 is 18.9 Å². The van der Waals surface area contributed by atoms with E-state index >= 15 is 0 Å². The molecule has 0 spiro atoms. The molecule has 3 rings (SSSR count). The third kappa shape index (κ3) is 10.0. The Kier molecular flexibility index (Phi) is 13.1. The van der Waals surface area contributed by atoms with E-state index in [1.165, 1.54) is 0 Å². The molecule has 0 saturated carbocycles. The minimum Gasteiger partial charge on any atom is -0.492 e. The van der Waals surface area contributed by atoms with E-state index in [2.05, 4.69) is 24.3 Å². The van der Waals surface area contributed by atoms with Gasteiger partial charge in [-0.25, -0.2) is 0 Å². The van der Waals surface area contributed by atoms with Crippen LogP contribution in [0.1, 0.15) is 91.9 Å². The average molecular weight is 551 g/mol. The predicted octanol–water partition coefficient (Wildman–Crippen LogP) is 8.55. The normalized spacial score (nSPS) is 11.3. The summed E-state index contributed by atoms with van der Waals surface area (Å²) in [4.78, 5) is 23.4. The zero-order valence-corrected chi connectivity index (χ0v) is 24.7. The summed E-state index contributed by atoms with van der Waals surface area (Å²) in [5, 5.41) is 4.21. The Labute approximate surface area is 239 Å². The summed E-state index contributed by atoms with van der Waals surface area (Å²) in [6.07, 6.45) is 8.34. The van der Waals surface area contributed by atoms with Gasteiger partial charge in [0.2, 0.25) is 0 Å². The van der Waals surface area contributed by atoms with E-state index in [-0.39, 0.29) is 24.1 Å². The lowest BCUT2D eigenvalue weighted by atomic mass is 10.0. The first-order chi connectivity index (χ1) is 19.4. The van der Waals surface area contributed by atoms with Gasteiger partial charge in [-0.15, -0.1) is 0 Å². The van der Waals surface area contributed by atoms with Crippen LogP contribution in [0, 0.1) is 0 Å². The Balaban J connectivity index is 1.55. The molecular formula is C34H46O6. The summed E-state index contributed by atoms with van der Waals surface area (Å²) >= 11 is 0. The second kappa shape index (κ2) is 16.7. The molecule has 0 N–H and O–H groups in total. The SMILES string of the molecule is CC(C)OC(=O)CCCCCCOc1c2ccccc2c(OCCCCCCC(=O)OC(C)C)c2ccccc12. The molecule has 0 atom stereocenters. The standard InChI is InChI=1S/C34H46O6/c1-25(2)39-31(35)21-9-5-7-15-23-37-33-27-17-11-13-19-29(27)34(30-20-14-12-18-28(30)33)38-24-16-8-6-10-22-32(36)40-26(3)4/h11-14,17-20,25-26H,5-10,15-16,21-24H2,1-4H3. The molecule has 3 aromatic carbocycles. The molecule has 0 aliphatic carbocycles. The van der Waals surface area contributed by atoms with Crippen molar-refractivity contribution in [2.24, 2.45) is 0 Å². The fourth-order valence-corrected chi connectivity index (χ4v) is 4.80. The maximum absolute atomic E-state index is 11.7. The zero-order chi connectivity index (χ0) is 28.7. The number of unbranched alkanes of at least 4 members (excludes halogenated alkanes) is 6. The number of benzene rings is 3. The molecule has 40 heavy (non-hydrogen) atoms. The monoisotopic (exact) mass is 550 g/mol. The molecule has 0 aliphatic heterocycles. The molecule has 0 aliphatic rings. The van der Waals surface area contributed by atoms with Crippen molar-refractivity contribution in [3.63, 3.8) is 0 Å². The molecule has 0 aromatic heterocycles. The maximum Gasteiger partial charge on any atom is 0.306 e. The summed E-state index contributed by atoms with van der Waals surface area (Å²) in [5.41, 5.74) is 0. The molecular weight excluding hydrogens is 504 g/mol. The number of rotatable bonds is 18. The van der Waals surface area contributed by atoms with Gasteiger partial charge in [-0.1, -0.05) is 74.2 Å². The van der Waals surface area contributed by atoms with Crippen molar-refractivity contribution in [1.29, 1.82) is 0 Å². The van der Waals surface area contributed by atoms with E-state index in [0.717, 1.165) is 84.4 Å². The second-order valence-electron chi connectivity index (χ2n) is 10.9. The number of hydrogen-bond donors (Lipinski definition) is 0. The lowest BCUT2D eigenvalue weighted by molar-refractivity contribution is -0.148. The molecule has 0 amide bonds. The van der Waals surface area contributed by atoms with Crippen LogP contribution < -0.4 is 9.47 Å². The Bertz CT molecular complexity index is 1060. The van der Waals surface area contributed by atoms with E-state index < -0.39 is 0 Å². The number of hydrogen-bond acceptors (Lipinski definition) is 6. The number of ether oxygens (including phenoxy) is 4. The van der Waals surface area contributed by atoms with Crippen molar-refractivity contribution >= 4 is 33.5 Å². The molecule has 218 valence electrons. The highest BCUT2D eigenvalue weighted by Crippen LogP contribution is 2.42. The summed E-state index contributed by atoms with van der Waals surface area (Å²) in [6, 6.07) is 16.5. The van der Waals surface area contributed by atoms with Crippen LogP contribution in [0.25, 0.3) is 21.5 Å². The van der Waals surface area contributed by atoms with Crippen LogP contribution in [0.2, 0.25) is 0 Å². The van der Waals surface area contributed by atoms with Gasteiger partial charge in [-0.2, -0.15) is 0 Å². The van der Waals surface area contributed by atoms with Crippen LogP contribution in [0.15, 0.2) is 48.5 Å². The largest absolute Gasteiger partial charge is 0.492 e. The van der Waals surface area contributed by atoms with E-state index in [4.69, 9.17) is 18.9 Å². The molecule has 0 bridgehead atoms. The Morgan fingerprint density at radius 3 is 1.18 bits per heavy atom. The van der Waals surface area contributed by atoms with Crippen LogP contribution in [0.3, 0.4) is 0 Å². The Hall–Kier alpha value is -3.28. The van der Waals surface area contributed by atoms with Gasteiger partial charge >= 0.3 is 11.9 Å². The average Bonchev–Trinajstić information content (AvgIpc) is 2.91. The fourth-order valence-electron chi connectivity index (χ4n) is 4.80. The maximum atomic E-state index is 11.7. The molecule has 0 unspecified atom stereocenters. The number of esters is 2.